The second-order valence-corrected chi connectivity index (χ2v) is 5.14. The monoisotopic (exact) mass is 341 g/mol. The first-order chi connectivity index (χ1) is 12.0. The summed E-state index contributed by atoms with van der Waals surface area (Å²) in [7, 11) is 1.43. The highest BCUT2D eigenvalue weighted by molar-refractivity contribution is 6.39. The smallest absolute Gasteiger partial charge is 0.329 e. The number of anilines is 1. The lowest BCUT2D eigenvalue weighted by Crippen LogP contribution is -2.32. The van der Waals surface area contributed by atoms with Gasteiger partial charge in [0.05, 0.1) is 13.3 Å². The van der Waals surface area contributed by atoms with E-state index in [1.807, 2.05) is 19.1 Å². The molecule has 0 saturated heterocycles. The van der Waals surface area contributed by atoms with Crippen LogP contribution in [-0.4, -0.2) is 30.2 Å². The van der Waals surface area contributed by atoms with Gasteiger partial charge in [0.1, 0.15) is 0 Å². The SMILES string of the molecule is CCc1ccc(NC(=O)C(=O)N/N=C/c2ccc(O)c(OC)c2)cc1. The Morgan fingerprint density at radius 2 is 1.88 bits per heavy atom. The van der Waals surface area contributed by atoms with Crippen molar-refractivity contribution in [2.45, 2.75) is 13.3 Å². The van der Waals surface area contributed by atoms with E-state index in [-0.39, 0.29) is 11.5 Å². The summed E-state index contributed by atoms with van der Waals surface area (Å²) in [6.45, 7) is 2.03. The molecule has 2 aromatic rings. The number of hydrogen-bond donors (Lipinski definition) is 3. The summed E-state index contributed by atoms with van der Waals surface area (Å²) in [6.07, 6.45) is 2.23. The molecule has 3 N–H and O–H groups in total. The Hall–Kier alpha value is -3.35. The molecular weight excluding hydrogens is 322 g/mol. The van der Waals surface area contributed by atoms with Crippen molar-refractivity contribution in [3.8, 4) is 11.5 Å². The standard InChI is InChI=1S/C18H19N3O4/c1-3-12-4-7-14(8-5-12)20-17(23)18(24)21-19-11-13-6-9-15(22)16(10-13)25-2/h4-11,22H,3H2,1-2H3,(H,20,23)(H,21,24)/b19-11+. The van der Waals surface area contributed by atoms with Gasteiger partial charge in [-0.25, -0.2) is 5.43 Å². The molecule has 0 heterocycles. The van der Waals surface area contributed by atoms with Crippen LogP contribution in [0.5, 0.6) is 11.5 Å². The van der Waals surface area contributed by atoms with Crippen LogP contribution < -0.4 is 15.5 Å². The molecule has 130 valence electrons. The molecule has 0 bridgehead atoms. The Morgan fingerprint density at radius 1 is 1.16 bits per heavy atom. The molecule has 0 unspecified atom stereocenters. The number of carbonyl (C=O) groups excluding carboxylic acids is 2. The van der Waals surface area contributed by atoms with Crippen molar-refractivity contribution in [1.29, 1.82) is 0 Å². The molecule has 0 aliphatic carbocycles. The first-order valence-electron chi connectivity index (χ1n) is 7.63. The van der Waals surface area contributed by atoms with Crippen molar-refractivity contribution in [3.63, 3.8) is 0 Å². The Labute approximate surface area is 145 Å². The molecule has 0 fully saturated rings. The predicted molar refractivity (Wildman–Crippen MR) is 94.8 cm³/mol. The average Bonchev–Trinajstić information content (AvgIpc) is 2.63. The summed E-state index contributed by atoms with van der Waals surface area (Å²) >= 11 is 0. The number of rotatable bonds is 5. The fourth-order valence-electron chi connectivity index (χ4n) is 2.00. The predicted octanol–water partition coefficient (Wildman–Crippen LogP) is 2.05. The van der Waals surface area contributed by atoms with Gasteiger partial charge in [-0.05, 0) is 47.9 Å². The second-order valence-electron chi connectivity index (χ2n) is 5.14. The maximum atomic E-state index is 11.8. The summed E-state index contributed by atoms with van der Waals surface area (Å²) in [4.78, 5) is 23.5. The molecule has 0 aliphatic rings. The number of methoxy groups -OCH3 is 1. The summed E-state index contributed by atoms with van der Waals surface area (Å²) in [5.41, 5.74) is 4.40. The van der Waals surface area contributed by atoms with E-state index < -0.39 is 11.8 Å². The highest BCUT2D eigenvalue weighted by Crippen LogP contribution is 2.25. The van der Waals surface area contributed by atoms with Gasteiger partial charge < -0.3 is 15.2 Å². The second kappa shape index (κ2) is 8.49. The Balaban J connectivity index is 1.91. The highest BCUT2D eigenvalue weighted by atomic mass is 16.5. The van der Waals surface area contributed by atoms with Crippen molar-refractivity contribution in [2.24, 2.45) is 5.10 Å². The molecule has 2 aromatic carbocycles. The molecule has 7 nitrogen and oxygen atoms in total. The molecule has 0 aromatic heterocycles. The van der Waals surface area contributed by atoms with Gasteiger partial charge in [0.25, 0.3) is 0 Å². The Bertz CT molecular complexity index is 785. The van der Waals surface area contributed by atoms with Crippen molar-refractivity contribution in [2.75, 3.05) is 12.4 Å². The number of hydrogen-bond acceptors (Lipinski definition) is 5. The van der Waals surface area contributed by atoms with E-state index in [1.54, 1.807) is 24.3 Å². The van der Waals surface area contributed by atoms with Crippen LogP contribution in [0.3, 0.4) is 0 Å². The quantitative estimate of drug-likeness (QED) is 0.440. The van der Waals surface area contributed by atoms with E-state index in [1.165, 1.54) is 19.4 Å². The minimum atomic E-state index is -0.887. The molecular formula is C18H19N3O4. The lowest BCUT2D eigenvalue weighted by atomic mass is 10.1. The minimum absolute atomic E-state index is 0.00263. The molecule has 2 amide bonds. The first kappa shape index (κ1) is 18.0. The maximum absolute atomic E-state index is 11.8. The van der Waals surface area contributed by atoms with E-state index in [0.717, 1.165) is 12.0 Å². The van der Waals surface area contributed by atoms with Gasteiger partial charge in [-0.2, -0.15) is 5.10 Å². The normalized spacial score (nSPS) is 10.5. The van der Waals surface area contributed by atoms with Gasteiger partial charge >= 0.3 is 11.8 Å². The largest absolute Gasteiger partial charge is 0.504 e. The van der Waals surface area contributed by atoms with Crippen LogP contribution in [0.15, 0.2) is 47.6 Å². The third-order valence-corrected chi connectivity index (χ3v) is 3.41. The highest BCUT2D eigenvalue weighted by Gasteiger charge is 2.12. The number of aryl methyl sites for hydroxylation is 1. The van der Waals surface area contributed by atoms with Crippen LogP contribution in [0.2, 0.25) is 0 Å². The number of ether oxygens (including phenoxy) is 1. The number of hydrazone groups is 1. The number of nitrogens with one attached hydrogen (secondary N) is 2. The molecule has 0 saturated carbocycles. The first-order valence-corrected chi connectivity index (χ1v) is 7.63. The Morgan fingerprint density at radius 3 is 2.52 bits per heavy atom. The van der Waals surface area contributed by atoms with E-state index in [9.17, 15) is 14.7 Å². The fourth-order valence-corrected chi connectivity index (χ4v) is 2.00. The zero-order valence-corrected chi connectivity index (χ0v) is 13.9. The van der Waals surface area contributed by atoms with Crippen molar-refractivity contribution >= 4 is 23.7 Å². The molecule has 0 spiro atoms. The number of amides is 2. The van der Waals surface area contributed by atoms with Crippen molar-refractivity contribution < 1.29 is 19.4 Å². The molecule has 7 heteroatoms. The lowest BCUT2D eigenvalue weighted by Gasteiger charge is -2.05. The topological polar surface area (TPSA) is 100 Å². The number of carbonyl (C=O) groups is 2. The third-order valence-electron chi connectivity index (χ3n) is 3.41. The summed E-state index contributed by atoms with van der Waals surface area (Å²) < 4.78 is 4.97. The number of aromatic hydroxyl groups is 1. The molecule has 0 aliphatic heterocycles. The summed E-state index contributed by atoms with van der Waals surface area (Å²) in [6, 6.07) is 11.8. The zero-order valence-electron chi connectivity index (χ0n) is 13.9. The number of phenolic OH excluding ortho intramolecular Hbond substituents is 1. The van der Waals surface area contributed by atoms with E-state index in [4.69, 9.17) is 4.74 Å². The minimum Gasteiger partial charge on any atom is -0.504 e. The zero-order chi connectivity index (χ0) is 18.2. The van der Waals surface area contributed by atoms with Gasteiger partial charge in [0.15, 0.2) is 11.5 Å². The van der Waals surface area contributed by atoms with Crippen LogP contribution in [0, 0.1) is 0 Å². The van der Waals surface area contributed by atoms with Gasteiger partial charge in [-0.3, -0.25) is 9.59 Å². The van der Waals surface area contributed by atoms with E-state index in [2.05, 4.69) is 15.8 Å². The Kier molecular flexibility index (Phi) is 6.11. The van der Waals surface area contributed by atoms with Gasteiger partial charge in [-0.1, -0.05) is 19.1 Å². The van der Waals surface area contributed by atoms with Crippen molar-refractivity contribution in [1.82, 2.24) is 5.43 Å². The van der Waals surface area contributed by atoms with Crippen molar-refractivity contribution in [3.05, 3.63) is 53.6 Å². The molecule has 0 atom stereocenters. The van der Waals surface area contributed by atoms with E-state index in [0.29, 0.717) is 11.3 Å². The molecule has 2 rings (SSSR count). The van der Waals surface area contributed by atoms with Gasteiger partial charge in [0, 0.05) is 5.69 Å². The van der Waals surface area contributed by atoms with Gasteiger partial charge in [0.2, 0.25) is 0 Å². The average molecular weight is 341 g/mol. The molecule has 25 heavy (non-hydrogen) atoms. The van der Waals surface area contributed by atoms with Crippen LogP contribution in [0.1, 0.15) is 18.1 Å². The van der Waals surface area contributed by atoms with Crippen LogP contribution in [0.25, 0.3) is 0 Å². The van der Waals surface area contributed by atoms with E-state index >= 15 is 0 Å². The number of benzene rings is 2. The fraction of sp³-hybridized carbons (Fsp3) is 0.167. The van der Waals surface area contributed by atoms with Crippen LogP contribution in [-0.2, 0) is 16.0 Å². The summed E-state index contributed by atoms with van der Waals surface area (Å²) in [5, 5.41) is 15.7. The maximum Gasteiger partial charge on any atom is 0.329 e. The molecule has 0 radical (unpaired) electrons. The van der Waals surface area contributed by atoms with Crippen LogP contribution >= 0.6 is 0 Å². The van der Waals surface area contributed by atoms with Crippen LogP contribution in [0.4, 0.5) is 5.69 Å². The summed E-state index contributed by atoms with van der Waals surface area (Å²) in [5.74, 6) is -1.42. The number of phenols is 1. The lowest BCUT2D eigenvalue weighted by molar-refractivity contribution is -0.136. The number of nitrogens with zero attached hydrogens (tertiary/aromatic N) is 1. The van der Waals surface area contributed by atoms with Gasteiger partial charge in [-0.15, -0.1) is 0 Å². The third kappa shape index (κ3) is 5.07.